The molecule has 1 nitrogen and oxygen atoms in total. The Bertz CT molecular complexity index is 763. The second-order valence-electron chi connectivity index (χ2n) is 8.62. The lowest BCUT2D eigenvalue weighted by atomic mass is 9.77. The van der Waals surface area contributed by atoms with Crippen LogP contribution in [0.2, 0.25) is 0 Å². The highest BCUT2D eigenvalue weighted by molar-refractivity contribution is 5.65. The standard InChI is InChI=1S/C28H38O/c1-4-6-7-8-23-9-11-25(12-10-23)26-13-15-27(16-14-26)28-20-22(5-2)19-24(21-28)17-18-29-3/h4,6,13-16,19-21,23,25H,5,7-12,17-18H2,1-3H3/b6-4+. The van der Waals surface area contributed by atoms with Crippen LogP contribution in [0.5, 0.6) is 0 Å². The van der Waals surface area contributed by atoms with E-state index < -0.39 is 0 Å². The fourth-order valence-corrected chi connectivity index (χ4v) is 4.73. The molecule has 0 spiro atoms. The van der Waals surface area contributed by atoms with Gasteiger partial charge in [-0.05, 0) is 97.9 Å². The van der Waals surface area contributed by atoms with Gasteiger partial charge in [0, 0.05) is 7.11 Å². The average Bonchev–Trinajstić information content (AvgIpc) is 2.78. The third-order valence-corrected chi connectivity index (χ3v) is 6.60. The largest absolute Gasteiger partial charge is 0.384 e. The lowest BCUT2D eigenvalue weighted by molar-refractivity contribution is 0.202. The van der Waals surface area contributed by atoms with E-state index in [0.717, 1.165) is 31.3 Å². The first-order valence-electron chi connectivity index (χ1n) is 11.6. The zero-order valence-corrected chi connectivity index (χ0v) is 18.6. The van der Waals surface area contributed by atoms with Gasteiger partial charge in [0.1, 0.15) is 0 Å². The predicted molar refractivity (Wildman–Crippen MR) is 126 cm³/mol. The van der Waals surface area contributed by atoms with Gasteiger partial charge in [-0.3, -0.25) is 0 Å². The molecule has 1 fully saturated rings. The third kappa shape index (κ3) is 6.31. The van der Waals surface area contributed by atoms with Crippen LogP contribution in [0.25, 0.3) is 11.1 Å². The number of hydrogen-bond donors (Lipinski definition) is 0. The van der Waals surface area contributed by atoms with Crippen LogP contribution in [0.15, 0.2) is 54.6 Å². The zero-order chi connectivity index (χ0) is 20.5. The maximum Gasteiger partial charge on any atom is 0.0502 e. The van der Waals surface area contributed by atoms with Gasteiger partial charge < -0.3 is 4.74 Å². The molecule has 0 N–H and O–H groups in total. The van der Waals surface area contributed by atoms with Gasteiger partial charge in [0.2, 0.25) is 0 Å². The molecule has 2 aromatic carbocycles. The van der Waals surface area contributed by atoms with Crippen LogP contribution in [-0.4, -0.2) is 13.7 Å². The molecule has 29 heavy (non-hydrogen) atoms. The van der Waals surface area contributed by atoms with Gasteiger partial charge in [0.05, 0.1) is 6.61 Å². The van der Waals surface area contributed by atoms with E-state index in [1.165, 1.54) is 66.3 Å². The zero-order valence-electron chi connectivity index (χ0n) is 18.6. The number of aryl methyl sites for hydroxylation is 1. The minimum Gasteiger partial charge on any atom is -0.384 e. The minimum atomic E-state index is 0.751. The molecular formula is C28H38O. The summed E-state index contributed by atoms with van der Waals surface area (Å²) >= 11 is 0. The first-order valence-corrected chi connectivity index (χ1v) is 11.6. The predicted octanol–water partition coefficient (Wildman–Crippen LogP) is 7.74. The Balaban J connectivity index is 1.65. The van der Waals surface area contributed by atoms with E-state index in [2.05, 4.69) is 68.5 Å². The van der Waals surface area contributed by atoms with E-state index >= 15 is 0 Å². The highest BCUT2D eigenvalue weighted by atomic mass is 16.5. The van der Waals surface area contributed by atoms with Gasteiger partial charge >= 0.3 is 0 Å². The summed E-state index contributed by atoms with van der Waals surface area (Å²) in [6.45, 7) is 5.14. The van der Waals surface area contributed by atoms with Crippen molar-refractivity contribution >= 4 is 0 Å². The second-order valence-corrected chi connectivity index (χ2v) is 8.62. The normalized spacial score (nSPS) is 19.7. The molecule has 0 unspecified atom stereocenters. The quantitative estimate of drug-likeness (QED) is 0.398. The first kappa shape index (κ1) is 21.8. The Morgan fingerprint density at radius 2 is 1.66 bits per heavy atom. The fourth-order valence-electron chi connectivity index (χ4n) is 4.73. The van der Waals surface area contributed by atoms with E-state index in [4.69, 9.17) is 4.74 Å². The summed E-state index contributed by atoms with van der Waals surface area (Å²) in [4.78, 5) is 0. The molecule has 0 aromatic heterocycles. The molecule has 0 bridgehead atoms. The molecule has 0 atom stereocenters. The van der Waals surface area contributed by atoms with Gasteiger partial charge in [0.25, 0.3) is 0 Å². The Kier molecular flexibility index (Phi) is 8.55. The Morgan fingerprint density at radius 3 is 2.31 bits per heavy atom. The van der Waals surface area contributed by atoms with Crippen LogP contribution in [0.4, 0.5) is 0 Å². The van der Waals surface area contributed by atoms with Crippen LogP contribution in [-0.2, 0) is 17.6 Å². The molecule has 0 saturated heterocycles. The van der Waals surface area contributed by atoms with Crippen molar-refractivity contribution in [1.82, 2.24) is 0 Å². The summed E-state index contributed by atoms with van der Waals surface area (Å²) < 4.78 is 5.28. The van der Waals surface area contributed by atoms with Gasteiger partial charge in [0.15, 0.2) is 0 Å². The van der Waals surface area contributed by atoms with E-state index in [-0.39, 0.29) is 0 Å². The maximum atomic E-state index is 5.28. The number of benzene rings is 2. The maximum absolute atomic E-state index is 5.28. The molecule has 156 valence electrons. The van der Waals surface area contributed by atoms with Crippen LogP contribution in [0.3, 0.4) is 0 Å². The topological polar surface area (TPSA) is 9.23 Å². The summed E-state index contributed by atoms with van der Waals surface area (Å²) in [6.07, 6.45) is 14.7. The van der Waals surface area contributed by atoms with Crippen molar-refractivity contribution in [2.75, 3.05) is 13.7 Å². The minimum absolute atomic E-state index is 0.751. The summed E-state index contributed by atoms with van der Waals surface area (Å²) in [5.74, 6) is 1.69. The van der Waals surface area contributed by atoms with E-state index in [9.17, 15) is 0 Å². The van der Waals surface area contributed by atoms with E-state index in [0.29, 0.717) is 0 Å². The van der Waals surface area contributed by atoms with Crippen LogP contribution >= 0.6 is 0 Å². The van der Waals surface area contributed by atoms with Crippen molar-refractivity contribution in [1.29, 1.82) is 0 Å². The van der Waals surface area contributed by atoms with Crippen molar-refractivity contribution in [2.24, 2.45) is 5.92 Å². The molecule has 0 heterocycles. The summed E-state index contributed by atoms with van der Waals surface area (Å²) in [7, 11) is 1.78. The highest BCUT2D eigenvalue weighted by Gasteiger charge is 2.21. The van der Waals surface area contributed by atoms with Crippen molar-refractivity contribution in [2.45, 2.75) is 71.1 Å². The molecule has 3 rings (SSSR count). The molecular weight excluding hydrogens is 352 g/mol. The lowest BCUT2D eigenvalue weighted by Crippen LogP contribution is -2.13. The molecule has 0 aliphatic heterocycles. The van der Waals surface area contributed by atoms with Crippen molar-refractivity contribution in [3.05, 3.63) is 71.3 Å². The lowest BCUT2D eigenvalue weighted by Gasteiger charge is -2.28. The van der Waals surface area contributed by atoms with Crippen LogP contribution in [0.1, 0.15) is 75.0 Å². The summed E-state index contributed by atoms with van der Waals surface area (Å²) in [5, 5.41) is 0. The number of hydrogen-bond acceptors (Lipinski definition) is 1. The molecule has 2 aromatic rings. The number of rotatable bonds is 9. The SMILES string of the molecule is C/C=C/CCC1CCC(c2ccc(-c3cc(CC)cc(CCOC)c3)cc2)CC1. The van der Waals surface area contributed by atoms with E-state index in [1.54, 1.807) is 7.11 Å². The molecule has 1 heteroatoms. The van der Waals surface area contributed by atoms with Crippen molar-refractivity contribution in [3.8, 4) is 11.1 Å². The van der Waals surface area contributed by atoms with Crippen molar-refractivity contribution in [3.63, 3.8) is 0 Å². The molecule has 1 aliphatic carbocycles. The Hall–Kier alpha value is -1.86. The Labute approximate surface area is 178 Å². The molecule has 0 radical (unpaired) electrons. The van der Waals surface area contributed by atoms with Gasteiger partial charge in [-0.2, -0.15) is 0 Å². The summed E-state index contributed by atoms with van der Waals surface area (Å²) in [5.41, 5.74) is 7.00. The monoisotopic (exact) mass is 390 g/mol. The smallest absolute Gasteiger partial charge is 0.0502 e. The van der Waals surface area contributed by atoms with Crippen LogP contribution < -0.4 is 0 Å². The fraction of sp³-hybridized carbons (Fsp3) is 0.500. The summed E-state index contributed by atoms with van der Waals surface area (Å²) in [6, 6.07) is 16.4. The molecule has 1 aliphatic rings. The third-order valence-electron chi connectivity index (χ3n) is 6.60. The average molecular weight is 391 g/mol. The Morgan fingerprint density at radius 1 is 0.931 bits per heavy atom. The molecule has 1 saturated carbocycles. The second kappa shape index (κ2) is 11.4. The van der Waals surface area contributed by atoms with Gasteiger partial charge in [-0.25, -0.2) is 0 Å². The van der Waals surface area contributed by atoms with Crippen LogP contribution in [0, 0.1) is 5.92 Å². The highest BCUT2D eigenvalue weighted by Crippen LogP contribution is 2.38. The van der Waals surface area contributed by atoms with E-state index in [1.807, 2.05) is 0 Å². The number of methoxy groups -OCH3 is 1. The molecule has 0 amide bonds. The number of allylic oxidation sites excluding steroid dienone is 2. The number of ether oxygens (including phenoxy) is 1. The first-order chi connectivity index (χ1) is 14.2. The van der Waals surface area contributed by atoms with Crippen molar-refractivity contribution < 1.29 is 4.74 Å². The van der Waals surface area contributed by atoms with Gasteiger partial charge in [-0.15, -0.1) is 0 Å². The van der Waals surface area contributed by atoms with Gasteiger partial charge in [-0.1, -0.05) is 61.5 Å².